The molecular weight excluding hydrogens is 427 g/mol. The van der Waals surface area contributed by atoms with E-state index in [-0.39, 0.29) is 18.5 Å². The monoisotopic (exact) mass is 441 g/mol. The minimum absolute atomic E-state index is 0.251. The van der Waals surface area contributed by atoms with Gasteiger partial charge in [0.1, 0.15) is 0 Å². The highest BCUT2D eigenvalue weighted by Crippen LogP contribution is 2.30. The maximum absolute atomic E-state index is 12.9. The second-order valence-corrected chi connectivity index (χ2v) is 7.21. The summed E-state index contributed by atoms with van der Waals surface area (Å²) in [5, 5.41) is 7.98. The van der Waals surface area contributed by atoms with Crippen LogP contribution >= 0.6 is 15.9 Å². The minimum atomic E-state index is -4.48. The van der Waals surface area contributed by atoms with Gasteiger partial charge in [0.2, 0.25) is 0 Å². The standard InChI is InChI=1S/C17H15BrF3N5O/c18-14-12-5-1-2-8-26(12)23-15(14)16(27)24-7-3-4-11(10-24)25-9-6-13(22-25)17(19,20)21/h1-2,5-6,8-9,11H,3-4,7,10H2. The van der Waals surface area contributed by atoms with Crippen LogP contribution in [0.15, 0.2) is 41.1 Å². The van der Waals surface area contributed by atoms with Crippen molar-refractivity contribution in [1.82, 2.24) is 24.3 Å². The zero-order chi connectivity index (χ0) is 19.2. The predicted molar refractivity (Wildman–Crippen MR) is 94.3 cm³/mol. The van der Waals surface area contributed by atoms with Gasteiger partial charge in [-0.25, -0.2) is 4.52 Å². The van der Waals surface area contributed by atoms with Gasteiger partial charge in [-0.2, -0.15) is 23.4 Å². The number of pyridine rings is 1. The Labute approximate surface area is 160 Å². The molecule has 0 aromatic carbocycles. The zero-order valence-corrected chi connectivity index (χ0v) is 15.6. The average Bonchev–Trinajstić information content (AvgIpc) is 3.27. The number of carbonyl (C=O) groups is 1. The molecule has 4 heterocycles. The first kappa shape index (κ1) is 18.0. The van der Waals surface area contributed by atoms with Crippen molar-refractivity contribution in [3.05, 3.63) is 52.5 Å². The van der Waals surface area contributed by atoms with Crippen molar-refractivity contribution in [3.63, 3.8) is 0 Å². The van der Waals surface area contributed by atoms with Crippen molar-refractivity contribution >= 4 is 27.4 Å². The molecule has 0 radical (unpaired) electrons. The van der Waals surface area contributed by atoms with Crippen LogP contribution in [0.2, 0.25) is 0 Å². The first-order valence-electron chi connectivity index (χ1n) is 8.39. The van der Waals surface area contributed by atoms with E-state index in [0.29, 0.717) is 29.6 Å². The smallest absolute Gasteiger partial charge is 0.335 e. The fraction of sp³-hybridized carbons (Fsp3) is 0.353. The Morgan fingerprint density at radius 1 is 1.19 bits per heavy atom. The average molecular weight is 442 g/mol. The fourth-order valence-electron chi connectivity index (χ4n) is 3.30. The molecular formula is C17H15BrF3N5O. The van der Waals surface area contributed by atoms with Gasteiger partial charge in [0.15, 0.2) is 11.4 Å². The third-order valence-electron chi connectivity index (χ3n) is 4.64. The molecule has 1 amide bonds. The third-order valence-corrected chi connectivity index (χ3v) is 5.42. The van der Waals surface area contributed by atoms with Gasteiger partial charge in [-0.05, 0) is 47.0 Å². The molecule has 10 heteroatoms. The van der Waals surface area contributed by atoms with E-state index in [9.17, 15) is 18.0 Å². The number of alkyl halides is 3. The summed E-state index contributed by atoms with van der Waals surface area (Å²) in [6.07, 6.45) is -0.0604. The van der Waals surface area contributed by atoms with Crippen LogP contribution in [-0.2, 0) is 6.18 Å². The van der Waals surface area contributed by atoms with Gasteiger partial charge in [0.25, 0.3) is 5.91 Å². The summed E-state index contributed by atoms with van der Waals surface area (Å²) in [5.74, 6) is -0.251. The molecule has 4 rings (SSSR count). The highest BCUT2D eigenvalue weighted by molar-refractivity contribution is 9.10. The topological polar surface area (TPSA) is 55.4 Å². The molecule has 1 fully saturated rings. The van der Waals surface area contributed by atoms with Crippen molar-refractivity contribution in [2.45, 2.75) is 25.1 Å². The lowest BCUT2D eigenvalue weighted by molar-refractivity contribution is -0.141. The van der Waals surface area contributed by atoms with Gasteiger partial charge in [0.05, 0.1) is 16.0 Å². The molecule has 3 aromatic rings. The van der Waals surface area contributed by atoms with Crippen LogP contribution in [-0.4, -0.2) is 43.3 Å². The fourth-order valence-corrected chi connectivity index (χ4v) is 3.87. The zero-order valence-electron chi connectivity index (χ0n) is 14.0. The second kappa shape index (κ2) is 6.66. The van der Waals surface area contributed by atoms with Gasteiger partial charge in [-0.15, -0.1) is 0 Å². The Balaban J connectivity index is 1.56. The number of carbonyl (C=O) groups excluding carboxylic acids is 1. The Hall–Kier alpha value is -2.36. The Bertz CT molecular complexity index is 996. The Morgan fingerprint density at radius 3 is 2.70 bits per heavy atom. The molecule has 1 atom stereocenters. The molecule has 6 nitrogen and oxygen atoms in total. The largest absolute Gasteiger partial charge is 0.435 e. The molecule has 1 aliphatic rings. The van der Waals surface area contributed by atoms with Crippen molar-refractivity contribution in [2.24, 2.45) is 0 Å². The van der Waals surface area contributed by atoms with Crippen LogP contribution in [0.4, 0.5) is 13.2 Å². The molecule has 27 heavy (non-hydrogen) atoms. The van der Waals surface area contributed by atoms with Gasteiger partial charge in [-0.1, -0.05) is 6.07 Å². The molecule has 142 valence electrons. The molecule has 1 unspecified atom stereocenters. The maximum atomic E-state index is 12.9. The number of aromatic nitrogens is 4. The first-order valence-corrected chi connectivity index (χ1v) is 9.18. The second-order valence-electron chi connectivity index (χ2n) is 6.42. The highest BCUT2D eigenvalue weighted by atomic mass is 79.9. The van der Waals surface area contributed by atoms with E-state index in [0.717, 1.165) is 11.6 Å². The predicted octanol–water partition coefficient (Wildman–Crippen LogP) is 3.79. The summed E-state index contributed by atoms with van der Waals surface area (Å²) < 4.78 is 41.9. The van der Waals surface area contributed by atoms with Crippen LogP contribution in [0.5, 0.6) is 0 Å². The molecule has 1 saturated heterocycles. The van der Waals surface area contributed by atoms with Gasteiger partial charge in [0, 0.05) is 25.5 Å². The van der Waals surface area contributed by atoms with Crippen molar-refractivity contribution in [1.29, 1.82) is 0 Å². The van der Waals surface area contributed by atoms with E-state index in [4.69, 9.17) is 0 Å². The van der Waals surface area contributed by atoms with Crippen LogP contribution in [0.25, 0.3) is 5.52 Å². The molecule has 0 bridgehead atoms. The van der Waals surface area contributed by atoms with E-state index in [1.807, 2.05) is 18.2 Å². The van der Waals surface area contributed by atoms with Crippen molar-refractivity contribution < 1.29 is 18.0 Å². The third kappa shape index (κ3) is 3.33. The lowest BCUT2D eigenvalue weighted by atomic mass is 10.1. The van der Waals surface area contributed by atoms with Crippen molar-refractivity contribution in [3.8, 4) is 0 Å². The summed E-state index contributed by atoms with van der Waals surface area (Å²) in [6, 6.07) is 6.17. The van der Waals surface area contributed by atoms with E-state index in [2.05, 4.69) is 26.1 Å². The Morgan fingerprint density at radius 2 is 2.00 bits per heavy atom. The number of hydrogen-bond acceptors (Lipinski definition) is 3. The number of fused-ring (bicyclic) bond motifs is 1. The van der Waals surface area contributed by atoms with E-state index in [1.165, 1.54) is 10.9 Å². The number of nitrogens with zero attached hydrogens (tertiary/aromatic N) is 5. The van der Waals surface area contributed by atoms with Gasteiger partial charge < -0.3 is 4.90 Å². The molecule has 3 aromatic heterocycles. The lowest BCUT2D eigenvalue weighted by Gasteiger charge is -2.32. The Kier molecular flexibility index (Phi) is 4.45. The number of halogens is 4. The van der Waals surface area contributed by atoms with E-state index < -0.39 is 11.9 Å². The number of likely N-dealkylation sites (tertiary alicyclic amines) is 1. The van der Waals surface area contributed by atoms with Gasteiger partial charge >= 0.3 is 6.18 Å². The normalized spacial score (nSPS) is 18.2. The van der Waals surface area contributed by atoms with Crippen LogP contribution in [0.3, 0.4) is 0 Å². The summed E-state index contributed by atoms with van der Waals surface area (Å²) in [4.78, 5) is 14.6. The molecule has 0 spiro atoms. The molecule has 1 aliphatic heterocycles. The quantitative estimate of drug-likeness (QED) is 0.607. The van der Waals surface area contributed by atoms with E-state index >= 15 is 0 Å². The summed E-state index contributed by atoms with van der Waals surface area (Å²) in [7, 11) is 0. The first-order chi connectivity index (χ1) is 12.8. The van der Waals surface area contributed by atoms with Crippen molar-refractivity contribution in [2.75, 3.05) is 13.1 Å². The highest BCUT2D eigenvalue weighted by Gasteiger charge is 2.35. The van der Waals surface area contributed by atoms with Crippen LogP contribution in [0, 0.1) is 0 Å². The molecule has 0 saturated carbocycles. The maximum Gasteiger partial charge on any atom is 0.435 e. The number of piperidine rings is 1. The summed E-state index contributed by atoms with van der Waals surface area (Å²) in [6.45, 7) is 0.821. The lowest BCUT2D eigenvalue weighted by Crippen LogP contribution is -2.41. The number of rotatable bonds is 2. The van der Waals surface area contributed by atoms with Gasteiger partial charge in [-0.3, -0.25) is 9.48 Å². The van der Waals surface area contributed by atoms with Crippen LogP contribution in [0.1, 0.15) is 35.1 Å². The summed E-state index contributed by atoms with van der Waals surface area (Å²) >= 11 is 3.43. The van der Waals surface area contributed by atoms with E-state index in [1.54, 1.807) is 15.6 Å². The minimum Gasteiger partial charge on any atom is -0.335 e. The van der Waals surface area contributed by atoms with Crippen LogP contribution < -0.4 is 0 Å². The number of hydrogen-bond donors (Lipinski definition) is 0. The number of amides is 1. The summed E-state index contributed by atoms with van der Waals surface area (Å²) in [5.41, 5.74) is 0.142. The SMILES string of the molecule is O=C(c1nn2ccccc2c1Br)N1CCCC(n2ccc(C(F)(F)F)n2)C1. The molecule has 0 N–H and O–H groups in total. The molecule has 0 aliphatic carbocycles.